The first kappa shape index (κ1) is 16.0. The second-order valence-electron chi connectivity index (χ2n) is 5.29. The number of thioether (sulfide) groups is 1. The van der Waals surface area contributed by atoms with Crippen LogP contribution in [0.1, 0.15) is 13.3 Å². The molecule has 2 aliphatic heterocycles. The number of hydrogen-bond donors (Lipinski definition) is 0. The maximum atomic E-state index is 11.9. The second kappa shape index (κ2) is 5.98. The van der Waals surface area contributed by atoms with E-state index in [4.69, 9.17) is 0 Å². The van der Waals surface area contributed by atoms with Gasteiger partial charge in [0.15, 0.2) is 15.0 Å². The van der Waals surface area contributed by atoms with Gasteiger partial charge in [0.25, 0.3) is 0 Å². The third-order valence-corrected chi connectivity index (χ3v) is 7.43. The number of halogens is 1. The van der Waals surface area contributed by atoms with Crippen LogP contribution in [0.2, 0.25) is 0 Å². The molecule has 22 heavy (non-hydrogen) atoms. The lowest BCUT2D eigenvalue weighted by atomic mass is 10.2. The summed E-state index contributed by atoms with van der Waals surface area (Å²) < 4.78 is 24.8. The summed E-state index contributed by atoms with van der Waals surface area (Å²) in [5.74, 6) is 0.0711. The van der Waals surface area contributed by atoms with Crippen molar-refractivity contribution in [2.24, 2.45) is 4.99 Å². The monoisotopic (exact) mass is 402 g/mol. The van der Waals surface area contributed by atoms with E-state index in [2.05, 4.69) is 20.9 Å². The molecule has 0 unspecified atom stereocenters. The molecule has 118 valence electrons. The van der Waals surface area contributed by atoms with Crippen molar-refractivity contribution in [3.05, 3.63) is 28.7 Å². The summed E-state index contributed by atoms with van der Waals surface area (Å²) >= 11 is 4.79. The van der Waals surface area contributed by atoms with E-state index in [1.54, 1.807) is 6.92 Å². The van der Waals surface area contributed by atoms with Gasteiger partial charge in [0, 0.05) is 21.8 Å². The highest BCUT2D eigenvalue weighted by Gasteiger charge is 2.49. The van der Waals surface area contributed by atoms with E-state index in [0.717, 1.165) is 10.2 Å². The number of nitrogens with zero attached hydrogens (tertiary/aromatic N) is 2. The molecule has 2 atom stereocenters. The van der Waals surface area contributed by atoms with Gasteiger partial charge in [0.05, 0.1) is 17.5 Å². The summed E-state index contributed by atoms with van der Waals surface area (Å²) in [6.45, 7) is 1.77. The number of benzene rings is 1. The van der Waals surface area contributed by atoms with Gasteiger partial charge in [-0.3, -0.25) is 4.79 Å². The van der Waals surface area contributed by atoms with E-state index in [1.807, 2.05) is 29.2 Å². The van der Waals surface area contributed by atoms with Gasteiger partial charge in [0.1, 0.15) is 0 Å². The number of fused-ring (bicyclic) bond motifs is 1. The molecule has 0 radical (unpaired) electrons. The van der Waals surface area contributed by atoms with Gasteiger partial charge in [-0.2, -0.15) is 4.99 Å². The first-order valence-corrected chi connectivity index (χ1v) is 10.4. The summed E-state index contributed by atoms with van der Waals surface area (Å²) in [6, 6.07) is 7.46. The highest BCUT2D eigenvalue weighted by atomic mass is 79.9. The normalized spacial score (nSPS) is 28.1. The molecule has 8 heteroatoms. The molecule has 1 amide bonds. The van der Waals surface area contributed by atoms with Crippen LogP contribution in [0.3, 0.4) is 0 Å². The zero-order valence-corrected chi connectivity index (χ0v) is 15.1. The summed E-state index contributed by atoms with van der Waals surface area (Å²) in [5, 5.41) is 0.552. The lowest BCUT2D eigenvalue weighted by Crippen LogP contribution is -2.37. The Labute approximate surface area is 142 Å². The van der Waals surface area contributed by atoms with Crippen LogP contribution in [0.15, 0.2) is 33.7 Å². The molecule has 2 heterocycles. The number of amidine groups is 1. The van der Waals surface area contributed by atoms with Crippen molar-refractivity contribution in [1.29, 1.82) is 0 Å². The van der Waals surface area contributed by atoms with Crippen molar-refractivity contribution in [1.82, 2.24) is 0 Å². The van der Waals surface area contributed by atoms with E-state index in [0.29, 0.717) is 11.6 Å². The highest BCUT2D eigenvalue weighted by molar-refractivity contribution is 9.10. The maximum absolute atomic E-state index is 11.9. The number of anilines is 1. The quantitative estimate of drug-likeness (QED) is 0.759. The largest absolute Gasteiger partial charge is 0.316 e. The number of hydrogen-bond acceptors (Lipinski definition) is 4. The fourth-order valence-electron chi connectivity index (χ4n) is 2.65. The summed E-state index contributed by atoms with van der Waals surface area (Å²) in [6.07, 6.45) is 0.339. The fourth-order valence-corrected chi connectivity index (χ4v) is 6.85. The lowest BCUT2D eigenvalue weighted by molar-refractivity contribution is -0.117. The van der Waals surface area contributed by atoms with Crippen molar-refractivity contribution >= 4 is 54.3 Å². The molecule has 0 spiro atoms. The predicted molar refractivity (Wildman–Crippen MR) is 93.2 cm³/mol. The summed E-state index contributed by atoms with van der Waals surface area (Å²) in [7, 11) is -3.02. The molecule has 1 aromatic carbocycles. The second-order valence-corrected chi connectivity index (χ2v) is 9.56. The predicted octanol–water partition coefficient (Wildman–Crippen LogP) is 2.46. The standard InChI is InChI=1S/C14H15BrN2O3S2/c1-2-13(18)16-14-17(10-5-3-9(15)4-6-10)11-7-22(19,20)8-12(11)21-14/h3-6,11-12H,2,7-8H2,1H3/t11-,12-/m0/s1. The van der Waals surface area contributed by atoms with Gasteiger partial charge in [0.2, 0.25) is 5.91 Å². The highest BCUT2D eigenvalue weighted by Crippen LogP contribution is 2.41. The lowest BCUT2D eigenvalue weighted by Gasteiger charge is -2.24. The number of rotatable bonds is 2. The van der Waals surface area contributed by atoms with Crippen LogP contribution in [0, 0.1) is 0 Å². The molecule has 0 aliphatic carbocycles. The van der Waals surface area contributed by atoms with E-state index in [1.165, 1.54) is 11.8 Å². The Bertz CT molecular complexity index is 731. The number of carbonyl (C=O) groups is 1. The van der Waals surface area contributed by atoms with E-state index < -0.39 is 9.84 Å². The Morgan fingerprint density at radius 3 is 2.68 bits per heavy atom. The van der Waals surface area contributed by atoms with Crippen LogP contribution in [0.25, 0.3) is 0 Å². The number of sulfone groups is 1. The molecule has 2 fully saturated rings. The molecule has 0 aromatic heterocycles. The zero-order chi connectivity index (χ0) is 15.9. The first-order valence-electron chi connectivity index (χ1n) is 6.93. The molecular formula is C14H15BrN2O3S2. The van der Waals surface area contributed by atoms with Gasteiger partial charge < -0.3 is 4.90 Å². The Morgan fingerprint density at radius 2 is 2.05 bits per heavy atom. The van der Waals surface area contributed by atoms with Crippen LogP contribution in [0.5, 0.6) is 0 Å². The minimum Gasteiger partial charge on any atom is -0.316 e. The fraction of sp³-hybridized carbons (Fsp3) is 0.429. The summed E-state index contributed by atoms with van der Waals surface area (Å²) in [4.78, 5) is 17.8. The van der Waals surface area contributed by atoms with Gasteiger partial charge in [-0.1, -0.05) is 34.6 Å². The van der Waals surface area contributed by atoms with E-state index >= 15 is 0 Å². The van der Waals surface area contributed by atoms with E-state index in [9.17, 15) is 13.2 Å². The molecule has 0 bridgehead atoms. The Balaban J connectivity index is 2.01. The number of amides is 1. The Morgan fingerprint density at radius 1 is 1.36 bits per heavy atom. The maximum Gasteiger partial charge on any atom is 0.247 e. The van der Waals surface area contributed by atoms with Crippen molar-refractivity contribution in [2.75, 3.05) is 16.4 Å². The molecule has 5 nitrogen and oxygen atoms in total. The zero-order valence-electron chi connectivity index (χ0n) is 11.9. The molecule has 2 saturated heterocycles. The van der Waals surface area contributed by atoms with Crippen LogP contribution >= 0.6 is 27.7 Å². The van der Waals surface area contributed by atoms with Crippen molar-refractivity contribution in [2.45, 2.75) is 24.6 Å². The number of aliphatic imine (C=N–C) groups is 1. The van der Waals surface area contributed by atoms with Gasteiger partial charge >= 0.3 is 0 Å². The first-order chi connectivity index (χ1) is 10.4. The van der Waals surface area contributed by atoms with Crippen molar-refractivity contribution < 1.29 is 13.2 Å². The van der Waals surface area contributed by atoms with Crippen molar-refractivity contribution in [3.63, 3.8) is 0 Å². The van der Waals surface area contributed by atoms with Crippen LogP contribution in [-0.2, 0) is 14.6 Å². The molecule has 2 aliphatic rings. The van der Waals surface area contributed by atoms with Gasteiger partial charge in [-0.05, 0) is 24.3 Å². The molecule has 1 aromatic rings. The smallest absolute Gasteiger partial charge is 0.247 e. The van der Waals surface area contributed by atoms with Gasteiger partial charge in [-0.15, -0.1) is 0 Å². The average molecular weight is 403 g/mol. The van der Waals surface area contributed by atoms with Crippen LogP contribution in [-0.4, -0.2) is 42.3 Å². The minimum absolute atomic E-state index is 0.0583. The Kier molecular flexibility index (Phi) is 4.35. The molecule has 0 saturated carbocycles. The van der Waals surface area contributed by atoms with Crippen molar-refractivity contribution in [3.8, 4) is 0 Å². The third-order valence-electron chi connectivity index (χ3n) is 3.69. The Hall–Kier alpha value is -0.860. The third kappa shape index (κ3) is 3.09. The van der Waals surface area contributed by atoms with Crippen LogP contribution in [0.4, 0.5) is 5.69 Å². The topological polar surface area (TPSA) is 66.8 Å². The summed E-state index contributed by atoms with van der Waals surface area (Å²) in [5.41, 5.74) is 0.864. The molecular weight excluding hydrogens is 388 g/mol. The minimum atomic E-state index is -3.02. The molecule has 0 N–H and O–H groups in total. The van der Waals surface area contributed by atoms with E-state index in [-0.39, 0.29) is 28.7 Å². The number of carbonyl (C=O) groups excluding carboxylic acids is 1. The van der Waals surface area contributed by atoms with Gasteiger partial charge in [-0.25, -0.2) is 8.42 Å². The SMILES string of the molecule is CCC(=O)N=C1S[C@H]2CS(=O)(=O)C[C@@H]2N1c1ccc(Br)cc1. The van der Waals surface area contributed by atoms with Crippen LogP contribution < -0.4 is 4.90 Å². The molecule has 3 rings (SSSR count). The average Bonchev–Trinajstić information content (AvgIpc) is 2.91.